The third-order valence-electron chi connectivity index (χ3n) is 4.62. The lowest BCUT2D eigenvalue weighted by Gasteiger charge is -2.29. The van der Waals surface area contributed by atoms with Crippen molar-refractivity contribution in [3.05, 3.63) is 59.3 Å². The van der Waals surface area contributed by atoms with Crippen LogP contribution in [0.3, 0.4) is 0 Å². The second kappa shape index (κ2) is 8.55. The maximum atomic E-state index is 13.2. The molecule has 1 aliphatic rings. The number of rotatable bonds is 6. The number of carbonyl (C=O) groups is 2. The Morgan fingerprint density at radius 1 is 1.00 bits per heavy atom. The highest BCUT2D eigenvalue weighted by Crippen LogP contribution is 2.35. The van der Waals surface area contributed by atoms with Gasteiger partial charge in [-0.3, -0.25) is 4.79 Å². The topological polar surface area (TPSA) is 97.9 Å². The molecule has 3 N–H and O–H groups in total. The fraction of sp³-hybridized carbons (Fsp3) is 0.238. The molecule has 3 amide bonds. The Bertz CT molecular complexity index is 971. The number of amides is 3. The van der Waals surface area contributed by atoms with E-state index < -0.39 is 18.0 Å². The zero-order chi connectivity index (χ0) is 21.0. The van der Waals surface area contributed by atoms with Crippen LogP contribution in [0.2, 0.25) is 0 Å². The van der Waals surface area contributed by atoms with Gasteiger partial charge in [-0.05, 0) is 25.1 Å². The number of para-hydroxylation sites is 1. The number of methoxy groups -OCH3 is 3. The molecule has 8 heteroatoms. The monoisotopic (exact) mass is 397 g/mol. The molecule has 2 aromatic carbocycles. The number of nitrogens with one attached hydrogen (secondary N) is 3. The number of benzene rings is 2. The van der Waals surface area contributed by atoms with Crippen molar-refractivity contribution in [1.82, 2.24) is 10.6 Å². The highest BCUT2D eigenvalue weighted by Gasteiger charge is 2.33. The van der Waals surface area contributed by atoms with Crippen molar-refractivity contribution in [3.8, 4) is 17.2 Å². The van der Waals surface area contributed by atoms with Crippen LogP contribution < -0.4 is 30.2 Å². The van der Waals surface area contributed by atoms with Crippen LogP contribution >= 0.6 is 0 Å². The van der Waals surface area contributed by atoms with Gasteiger partial charge in [0.2, 0.25) is 0 Å². The van der Waals surface area contributed by atoms with Crippen molar-refractivity contribution in [3.63, 3.8) is 0 Å². The maximum Gasteiger partial charge on any atom is 0.319 e. The third kappa shape index (κ3) is 4.11. The first-order valence-corrected chi connectivity index (χ1v) is 8.93. The normalized spacial score (nSPS) is 15.9. The first-order chi connectivity index (χ1) is 14.0. The number of ether oxygens (including phenoxy) is 3. The first kappa shape index (κ1) is 20.1. The number of anilines is 1. The molecule has 0 spiro atoms. The van der Waals surface area contributed by atoms with E-state index in [-0.39, 0.29) is 0 Å². The molecule has 1 aliphatic heterocycles. The minimum atomic E-state index is -0.684. The van der Waals surface area contributed by atoms with Crippen LogP contribution in [0.25, 0.3) is 0 Å². The summed E-state index contributed by atoms with van der Waals surface area (Å²) < 4.78 is 16.0. The Morgan fingerprint density at radius 3 is 2.41 bits per heavy atom. The van der Waals surface area contributed by atoms with Crippen molar-refractivity contribution in [2.45, 2.75) is 13.0 Å². The molecule has 0 radical (unpaired) electrons. The Kier molecular flexibility index (Phi) is 5.92. The molecule has 1 heterocycles. The van der Waals surface area contributed by atoms with Gasteiger partial charge in [0, 0.05) is 17.3 Å². The van der Waals surface area contributed by atoms with Gasteiger partial charge in [-0.25, -0.2) is 4.79 Å². The van der Waals surface area contributed by atoms with Crippen LogP contribution in [-0.2, 0) is 4.79 Å². The van der Waals surface area contributed by atoms with Crippen LogP contribution in [0.1, 0.15) is 18.5 Å². The Hall–Kier alpha value is -3.68. The van der Waals surface area contributed by atoms with Gasteiger partial charge < -0.3 is 30.2 Å². The largest absolute Gasteiger partial charge is 0.497 e. The van der Waals surface area contributed by atoms with Crippen LogP contribution in [0.15, 0.2) is 53.7 Å². The smallest absolute Gasteiger partial charge is 0.319 e. The number of hydrogen-bond acceptors (Lipinski definition) is 5. The summed E-state index contributed by atoms with van der Waals surface area (Å²) in [4.78, 5) is 25.3. The fourth-order valence-corrected chi connectivity index (χ4v) is 3.23. The second-order valence-corrected chi connectivity index (χ2v) is 6.33. The molecular formula is C21H23N3O5. The average Bonchev–Trinajstić information content (AvgIpc) is 2.72. The van der Waals surface area contributed by atoms with Crippen LogP contribution in [0.5, 0.6) is 17.2 Å². The van der Waals surface area contributed by atoms with Crippen molar-refractivity contribution in [2.75, 3.05) is 26.6 Å². The predicted molar refractivity (Wildman–Crippen MR) is 108 cm³/mol. The van der Waals surface area contributed by atoms with Crippen LogP contribution in [-0.4, -0.2) is 33.3 Å². The van der Waals surface area contributed by atoms with E-state index in [9.17, 15) is 9.59 Å². The van der Waals surface area contributed by atoms with Gasteiger partial charge in [-0.15, -0.1) is 0 Å². The summed E-state index contributed by atoms with van der Waals surface area (Å²) in [5, 5.41) is 8.31. The molecule has 2 aromatic rings. The predicted octanol–water partition coefficient (Wildman–Crippen LogP) is 2.98. The summed E-state index contributed by atoms with van der Waals surface area (Å²) in [5.41, 5.74) is 1.93. The number of urea groups is 1. The van der Waals surface area contributed by atoms with Gasteiger partial charge >= 0.3 is 6.03 Å². The summed E-state index contributed by atoms with van der Waals surface area (Å²) in [6.45, 7) is 1.68. The minimum absolute atomic E-state index is 0.360. The van der Waals surface area contributed by atoms with E-state index in [1.807, 2.05) is 18.2 Å². The molecule has 3 rings (SSSR count). The molecule has 0 saturated carbocycles. The van der Waals surface area contributed by atoms with E-state index >= 15 is 0 Å². The van der Waals surface area contributed by atoms with E-state index in [0.29, 0.717) is 39.8 Å². The lowest BCUT2D eigenvalue weighted by Crippen LogP contribution is -2.46. The van der Waals surface area contributed by atoms with E-state index in [1.54, 1.807) is 45.4 Å². The highest BCUT2D eigenvalue weighted by atomic mass is 16.5. The molecular weight excluding hydrogens is 374 g/mol. The van der Waals surface area contributed by atoms with Gasteiger partial charge in [0.05, 0.1) is 38.6 Å². The average molecular weight is 397 g/mol. The zero-order valence-electron chi connectivity index (χ0n) is 16.7. The maximum absolute atomic E-state index is 13.2. The zero-order valence-corrected chi connectivity index (χ0v) is 16.7. The summed E-state index contributed by atoms with van der Waals surface area (Å²) in [6.07, 6.45) is 0. The van der Waals surface area contributed by atoms with Crippen molar-refractivity contribution in [2.24, 2.45) is 0 Å². The Labute approximate surface area is 168 Å². The molecule has 8 nitrogen and oxygen atoms in total. The quantitative estimate of drug-likeness (QED) is 0.696. The molecule has 0 aromatic heterocycles. The lowest BCUT2D eigenvalue weighted by atomic mass is 9.94. The van der Waals surface area contributed by atoms with E-state index in [4.69, 9.17) is 14.2 Å². The molecule has 29 heavy (non-hydrogen) atoms. The van der Waals surface area contributed by atoms with Crippen molar-refractivity contribution >= 4 is 17.6 Å². The molecule has 0 aliphatic carbocycles. The molecule has 0 unspecified atom stereocenters. The van der Waals surface area contributed by atoms with Crippen molar-refractivity contribution in [1.29, 1.82) is 0 Å². The molecule has 0 saturated heterocycles. The molecule has 1 atom stereocenters. The molecule has 152 valence electrons. The molecule has 0 fully saturated rings. The Morgan fingerprint density at radius 2 is 1.72 bits per heavy atom. The minimum Gasteiger partial charge on any atom is -0.497 e. The standard InChI is InChI=1S/C21H23N3O5/c1-12-18(20(25)23-15-11-13(27-2)9-10-17(15)29-4)19(24-21(26)22-12)14-7-5-6-8-16(14)28-3/h5-11,19H,1-4H3,(H,23,25)(H2,22,24,26)/t19-/m1/s1. The van der Waals surface area contributed by atoms with E-state index in [2.05, 4.69) is 16.0 Å². The van der Waals surface area contributed by atoms with Crippen LogP contribution in [0, 0.1) is 0 Å². The Balaban J connectivity index is 2.01. The van der Waals surface area contributed by atoms with Crippen molar-refractivity contribution < 1.29 is 23.8 Å². The van der Waals surface area contributed by atoms with Gasteiger partial charge in [0.1, 0.15) is 17.2 Å². The van der Waals surface area contributed by atoms with E-state index in [1.165, 1.54) is 7.11 Å². The highest BCUT2D eigenvalue weighted by molar-refractivity contribution is 6.07. The first-order valence-electron chi connectivity index (χ1n) is 8.93. The second-order valence-electron chi connectivity index (χ2n) is 6.33. The fourth-order valence-electron chi connectivity index (χ4n) is 3.23. The summed E-state index contributed by atoms with van der Waals surface area (Å²) in [7, 11) is 4.60. The summed E-state index contributed by atoms with van der Waals surface area (Å²) in [6, 6.07) is 11.3. The van der Waals surface area contributed by atoms with Gasteiger partial charge in [0.25, 0.3) is 5.91 Å². The summed E-state index contributed by atoms with van der Waals surface area (Å²) >= 11 is 0. The van der Waals surface area contributed by atoms with E-state index in [0.717, 1.165) is 0 Å². The molecule has 0 bridgehead atoms. The van der Waals surface area contributed by atoms with Gasteiger partial charge in [-0.2, -0.15) is 0 Å². The summed E-state index contributed by atoms with van der Waals surface area (Å²) in [5.74, 6) is 1.23. The number of hydrogen-bond donors (Lipinski definition) is 3. The SMILES string of the molecule is COc1ccc(OC)c(NC(=O)C2=C(C)NC(=O)N[C@@H]2c2ccccc2OC)c1. The van der Waals surface area contributed by atoms with Gasteiger partial charge in [0.15, 0.2) is 0 Å². The number of allylic oxidation sites excluding steroid dienone is 1. The van der Waals surface area contributed by atoms with Crippen LogP contribution in [0.4, 0.5) is 10.5 Å². The van der Waals surface area contributed by atoms with Gasteiger partial charge in [-0.1, -0.05) is 18.2 Å². The lowest BCUT2D eigenvalue weighted by molar-refractivity contribution is -0.113. The third-order valence-corrected chi connectivity index (χ3v) is 4.62. The number of carbonyl (C=O) groups excluding carboxylic acids is 2.